The van der Waals surface area contributed by atoms with Crippen LogP contribution in [0, 0.1) is 12.8 Å². The van der Waals surface area contributed by atoms with Gasteiger partial charge in [-0.15, -0.1) is 11.3 Å². The molecule has 2 heteroatoms. The highest BCUT2D eigenvalue weighted by molar-refractivity contribution is 7.10. The minimum Gasteiger partial charge on any atom is -0.312 e. The Morgan fingerprint density at radius 2 is 2.12 bits per heavy atom. The smallest absolute Gasteiger partial charge is 0.0443 e. The summed E-state index contributed by atoms with van der Waals surface area (Å²) < 4.78 is 0. The third-order valence-corrected chi connectivity index (χ3v) is 4.52. The van der Waals surface area contributed by atoms with Crippen molar-refractivity contribution in [3.63, 3.8) is 0 Å². The highest BCUT2D eigenvalue weighted by atomic mass is 32.1. The van der Waals surface area contributed by atoms with Crippen LogP contribution in [0.2, 0.25) is 0 Å². The predicted molar refractivity (Wildman–Crippen MR) is 74.2 cm³/mol. The summed E-state index contributed by atoms with van der Waals surface area (Å²) in [6, 6.07) is 2.79. The summed E-state index contributed by atoms with van der Waals surface area (Å²) in [5.41, 5.74) is 1.44. The van der Waals surface area contributed by atoms with E-state index in [1.165, 1.54) is 36.1 Å². The van der Waals surface area contributed by atoms with Crippen LogP contribution in [-0.2, 0) is 0 Å². The van der Waals surface area contributed by atoms with Crippen molar-refractivity contribution in [2.75, 3.05) is 7.05 Å². The first kappa shape index (κ1) is 13.7. The molecule has 0 aliphatic heterocycles. The standard InChI is InChI=1S/C14H25NS/c1-5-7-8-12(6-2)13(15-4)14-11(3)9-10-16-14/h9-10,12-13,15H,5-8H2,1-4H3. The van der Waals surface area contributed by atoms with E-state index in [-0.39, 0.29) is 0 Å². The molecular weight excluding hydrogens is 214 g/mol. The highest BCUT2D eigenvalue weighted by Crippen LogP contribution is 2.33. The first-order chi connectivity index (χ1) is 7.74. The monoisotopic (exact) mass is 239 g/mol. The Labute approximate surface area is 104 Å². The lowest BCUT2D eigenvalue weighted by Gasteiger charge is -2.26. The van der Waals surface area contributed by atoms with E-state index in [0.717, 1.165) is 5.92 Å². The first-order valence-corrected chi connectivity index (χ1v) is 7.33. The Morgan fingerprint density at radius 1 is 1.38 bits per heavy atom. The Morgan fingerprint density at radius 3 is 2.56 bits per heavy atom. The summed E-state index contributed by atoms with van der Waals surface area (Å²) in [7, 11) is 2.10. The van der Waals surface area contributed by atoms with Crippen LogP contribution >= 0.6 is 11.3 Å². The van der Waals surface area contributed by atoms with Crippen LogP contribution in [-0.4, -0.2) is 7.05 Å². The maximum Gasteiger partial charge on any atom is 0.0443 e. The van der Waals surface area contributed by atoms with Crippen LogP contribution < -0.4 is 5.32 Å². The topological polar surface area (TPSA) is 12.0 Å². The summed E-state index contributed by atoms with van der Waals surface area (Å²) >= 11 is 1.90. The van der Waals surface area contributed by atoms with Gasteiger partial charge in [0, 0.05) is 10.9 Å². The summed E-state index contributed by atoms with van der Waals surface area (Å²) in [5, 5.41) is 5.73. The molecular formula is C14H25NS. The number of nitrogens with one attached hydrogen (secondary N) is 1. The SMILES string of the molecule is CCCCC(CC)C(NC)c1sccc1C. The molecule has 0 saturated carbocycles. The quantitative estimate of drug-likeness (QED) is 0.737. The van der Waals surface area contributed by atoms with Crippen LogP contribution in [0.15, 0.2) is 11.4 Å². The Kier molecular flexibility index (Phi) is 6.07. The predicted octanol–water partition coefficient (Wildman–Crippen LogP) is 4.53. The van der Waals surface area contributed by atoms with E-state index in [4.69, 9.17) is 0 Å². The molecule has 0 bridgehead atoms. The zero-order valence-corrected chi connectivity index (χ0v) is 11.9. The number of hydrogen-bond acceptors (Lipinski definition) is 2. The lowest BCUT2D eigenvalue weighted by atomic mass is 9.89. The minimum atomic E-state index is 0.552. The van der Waals surface area contributed by atoms with Crippen molar-refractivity contribution in [3.05, 3.63) is 21.9 Å². The molecule has 0 amide bonds. The minimum absolute atomic E-state index is 0.552. The maximum atomic E-state index is 3.52. The molecule has 0 aromatic carbocycles. The molecule has 0 aliphatic carbocycles. The molecule has 2 atom stereocenters. The van der Waals surface area contributed by atoms with Crippen molar-refractivity contribution >= 4 is 11.3 Å². The highest BCUT2D eigenvalue weighted by Gasteiger charge is 2.21. The first-order valence-electron chi connectivity index (χ1n) is 6.45. The van der Waals surface area contributed by atoms with Gasteiger partial charge in [-0.3, -0.25) is 0 Å². The van der Waals surface area contributed by atoms with Gasteiger partial charge in [-0.25, -0.2) is 0 Å². The molecule has 0 radical (unpaired) electrons. The van der Waals surface area contributed by atoms with Gasteiger partial charge in [0.15, 0.2) is 0 Å². The third-order valence-electron chi connectivity index (χ3n) is 3.42. The molecule has 1 heterocycles. The molecule has 1 rings (SSSR count). The van der Waals surface area contributed by atoms with Gasteiger partial charge in [-0.05, 0) is 43.3 Å². The summed E-state index contributed by atoms with van der Waals surface area (Å²) in [4.78, 5) is 1.53. The van der Waals surface area contributed by atoms with Crippen molar-refractivity contribution < 1.29 is 0 Å². The van der Waals surface area contributed by atoms with Gasteiger partial charge in [0.2, 0.25) is 0 Å². The molecule has 0 spiro atoms. The molecule has 0 saturated heterocycles. The molecule has 1 aromatic heterocycles. The molecule has 16 heavy (non-hydrogen) atoms. The normalized spacial score (nSPS) is 15.0. The van der Waals surface area contributed by atoms with E-state index in [2.05, 4.69) is 44.6 Å². The second-order valence-corrected chi connectivity index (χ2v) is 5.49. The van der Waals surface area contributed by atoms with Gasteiger partial charge < -0.3 is 5.32 Å². The molecule has 0 aliphatic rings. The summed E-state index contributed by atoms with van der Waals surface area (Å²) in [5.74, 6) is 0.780. The fourth-order valence-electron chi connectivity index (χ4n) is 2.36. The molecule has 1 aromatic rings. The van der Waals surface area contributed by atoms with Crippen molar-refractivity contribution in [2.45, 2.75) is 52.5 Å². The van der Waals surface area contributed by atoms with Crippen molar-refractivity contribution in [1.82, 2.24) is 5.32 Å². The van der Waals surface area contributed by atoms with E-state index >= 15 is 0 Å². The van der Waals surface area contributed by atoms with E-state index in [1.54, 1.807) is 0 Å². The second kappa shape index (κ2) is 7.08. The van der Waals surface area contributed by atoms with Crippen LogP contribution in [0.3, 0.4) is 0 Å². The van der Waals surface area contributed by atoms with Crippen molar-refractivity contribution in [1.29, 1.82) is 0 Å². The zero-order chi connectivity index (χ0) is 12.0. The van der Waals surface area contributed by atoms with E-state index < -0.39 is 0 Å². The Bertz CT molecular complexity index is 293. The third kappa shape index (κ3) is 3.33. The van der Waals surface area contributed by atoms with Gasteiger partial charge in [0.05, 0.1) is 0 Å². The molecule has 1 N–H and O–H groups in total. The van der Waals surface area contributed by atoms with Gasteiger partial charge in [0.1, 0.15) is 0 Å². The van der Waals surface area contributed by atoms with E-state index in [1.807, 2.05) is 11.3 Å². The largest absolute Gasteiger partial charge is 0.312 e. The number of thiophene rings is 1. The summed E-state index contributed by atoms with van der Waals surface area (Å²) in [6.07, 6.45) is 5.26. The fourth-order valence-corrected chi connectivity index (χ4v) is 3.49. The van der Waals surface area contributed by atoms with Gasteiger partial charge in [0.25, 0.3) is 0 Å². The summed E-state index contributed by atoms with van der Waals surface area (Å²) in [6.45, 7) is 6.81. The van der Waals surface area contributed by atoms with Crippen molar-refractivity contribution in [2.24, 2.45) is 5.92 Å². The fraction of sp³-hybridized carbons (Fsp3) is 0.714. The van der Waals surface area contributed by atoms with Crippen LogP contribution in [0.5, 0.6) is 0 Å². The average Bonchev–Trinajstić information content (AvgIpc) is 2.71. The number of unbranched alkanes of at least 4 members (excludes halogenated alkanes) is 1. The average molecular weight is 239 g/mol. The number of rotatable bonds is 7. The van der Waals surface area contributed by atoms with Crippen molar-refractivity contribution in [3.8, 4) is 0 Å². The Balaban J connectivity index is 2.75. The van der Waals surface area contributed by atoms with Crippen LogP contribution in [0.4, 0.5) is 0 Å². The zero-order valence-electron chi connectivity index (χ0n) is 11.0. The molecule has 0 fully saturated rings. The van der Waals surface area contributed by atoms with Crippen LogP contribution in [0.1, 0.15) is 56.0 Å². The second-order valence-electron chi connectivity index (χ2n) is 4.54. The molecule has 2 unspecified atom stereocenters. The lowest BCUT2D eigenvalue weighted by molar-refractivity contribution is 0.342. The molecule has 1 nitrogen and oxygen atoms in total. The Hall–Kier alpha value is -0.340. The van der Waals surface area contributed by atoms with Gasteiger partial charge in [-0.2, -0.15) is 0 Å². The van der Waals surface area contributed by atoms with Crippen LogP contribution in [0.25, 0.3) is 0 Å². The van der Waals surface area contributed by atoms with Gasteiger partial charge in [-0.1, -0.05) is 33.1 Å². The van der Waals surface area contributed by atoms with E-state index in [0.29, 0.717) is 6.04 Å². The van der Waals surface area contributed by atoms with Gasteiger partial charge >= 0.3 is 0 Å². The molecule has 92 valence electrons. The maximum absolute atomic E-state index is 3.52. The number of aryl methyl sites for hydroxylation is 1. The lowest BCUT2D eigenvalue weighted by Crippen LogP contribution is -2.24. The number of hydrogen-bond donors (Lipinski definition) is 1. The van der Waals surface area contributed by atoms with E-state index in [9.17, 15) is 0 Å².